The topological polar surface area (TPSA) is 20.3 Å². The Kier molecular flexibility index (Phi) is 4.88. The molecular weight excluding hydrogens is 278 g/mol. The highest BCUT2D eigenvalue weighted by atomic mass is 35.5. The second-order valence-corrected chi connectivity index (χ2v) is 5.60. The minimum absolute atomic E-state index is 0.562. The van der Waals surface area contributed by atoms with E-state index in [4.69, 9.17) is 11.6 Å². The lowest BCUT2D eigenvalue weighted by Crippen LogP contribution is -2.19. The molecule has 0 aliphatic carbocycles. The molecule has 0 saturated heterocycles. The van der Waals surface area contributed by atoms with Crippen LogP contribution in [0.2, 0.25) is 5.02 Å². The van der Waals surface area contributed by atoms with Gasteiger partial charge in [0.1, 0.15) is 0 Å². The maximum Gasteiger partial charge on any atom is 0.214 e. The summed E-state index contributed by atoms with van der Waals surface area (Å²) in [7, 11) is 0. The molecule has 0 fully saturated rings. The molecule has 0 N–H and O–H groups in total. The van der Waals surface area contributed by atoms with Gasteiger partial charge in [0, 0.05) is 15.6 Å². The Bertz CT molecular complexity index is 556. The smallest absolute Gasteiger partial charge is 0.214 e. The first-order valence-corrected chi connectivity index (χ1v) is 7.22. The van der Waals surface area contributed by atoms with Gasteiger partial charge in [0.2, 0.25) is 6.41 Å². The van der Waals surface area contributed by atoms with Crippen LogP contribution in [0, 0.1) is 6.92 Å². The number of nitrogens with zero attached hydrogens (tertiary/aromatic N) is 1. The van der Waals surface area contributed by atoms with Crippen LogP contribution >= 0.6 is 23.4 Å². The molecule has 2 nitrogen and oxygen atoms in total. The number of benzene rings is 2. The quantitative estimate of drug-likeness (QED) is 0.463. The van der Waals surface area contributed by atoms with Crippen LogP contribution in [0.5, 0.6) is 0 Å². The molecule has 0 atom stereocenters. The Morgan fingerprint density at radius 2 is 1.95 bits per heavy atom. The maximum absolute atomic E-state index is 11.2. The molecule has 0 bridgehead atoms. The summed E-state index contributed by atoms with van der Waals surface area (Å²) in [5.74, 6) is 0.562. The van der Waals surface area contributed by atoms with E-state index in [9.17, 15) is 4.79 Å². The van der Waals surface area contributed by atoms with Crippen molar-refractivity contribution in [1.29, 1.82) is 0 Å². The molecule has 0 aliphatic rings. The lowest BCUT2D eigenvalue weighted by atomic mass is 10.2. The SMILES string of the molecule is Cc1ccc(SCN(C=O)c2cccc(Cl)c2)cc1. The number of hydrogen-bond acceptors (Lipinski definition) is 2. The second kappa shape index (κ2) is 6.64. The van der Waals surface area contributed by atoms with Crippen LogP contribution in [0.15, 0.2) is 53.4 Å². The van der Waals surface area contributed by atoms with Gasteiger partial charge in [0.05, 0.1) is 5.88 Å². The van der Waals surface area contributed by atoms with E-state index in [1.165, 1.54) is 5.56 Å². The number of thioether (sulfide) groups is 1. The van der Waals surface area contributed by atoms with E-state index in [1.54, 1.807) is 28.8 Å². The van der Waals surface area contributed by atoms with Crippen molar-refractivity contribution in [3.05, 3.63) is 59.1 Å². The van der Waals surface area contributed by atoms with E-state index in [-0.39, 0.29) is 0 Å². The Morgan fingerprint density at radius 1 is 1.21 bits per heavy atom. The Labute approximate surface area is 122 Å². The van der Waals surface area contributed by atoms with Crippen molar-refractivity contribution in [2.45, 2.75) is 11.8 Å². The van der Waals surface area contributed by atoms with Crippen LogP contribution in [0.3, 0.4) is 0 Å². The van der Waals surface area contributed by atoms with Crippen molar-refractivity contribution in [1.82, 2.24) is 0 Å². The highest BCUT2D eigenvalue weighted by Gasteiger charge is 2.06. The lowest BCUT2D eigenvalue weighted by molar-refractivity contribution is -0.107. The summed E-state index contributed by atoms with van der Waals surface area (Å²) in [5.41, 5.74) is 2.04. The number of halogens is 1. The molecule has 0 heterocycles. The summed E-state index contributed by atoms with van der Waals surface area (Å²) in [6, 6.07) is 15.5. The van der Waals surface area contributed by atoms with Gasteiger partial charge in [0.15, 0.2) is 0 Å². The average molecular weight is 292 g/mol. The molecule has 1 amide bonds. The van der Waals surface area contributed by atoms with E-state index < -0.39 is 0 Å². The molecule has 0 aliphatic heterocycles. The molecule has 0 aromatic heterocycles. The maximum atomic E-state index is 11.2. The number of carbonyl (C=O) groups is 1. The number of rotatable bonds is 5. The largest absolute Gasteiger partial charge is 0.305 e. The first-order chi connectivity index (χ1) is 9.19. The Hall–Kier alpha value is -1.45. The minimum Gasteiger partial charge on any atom is -0.305 e. The molecular formula is C15H14ClNOS. The Balaban J connectivity index is 2.03. The van der Waals surface area contributed by atoms with Crippen molar-refractivity contribution in [3.8, 4) is 0 Å². The zero-order chi connectivity index (χ0) is 13.7. The van der Waals surface area contributed by atoms with Gasteiger partial charge in [-0.1, -0.05) is 35.4 Å². The molecule has 98 valence electrons. The summed E-state index contributed by atoms with van der Waals surface area (Å²) in [4.78, 5) is 13.9. The van der Waals surface area contributed by atoms with E-state index in [1.807, 2.05) is 12.1 Å². The van der Waals surface area contributed by atoms with Crippen molar-refractivity contribution in [3.63, 3.8) is 0 Å². The zero-order valence-electron chi connectivity index (χ0n) is 10.5. The van der Waals surface area contributed by atoms with Gasteiger partial charge in [-0.3, -0.25) is 4.79 Å². The normalized spacial score (nSPS) is 10.2. The van der Waals surface area contributed by atoms with Crippen LogP contribution in [0.4, 0.5) is 5.69 Å². The van der Waals surface area contributed by atoms with Crippen LogP contribution in [-0.4, -0.2) is 12.3 Å². The predicted octanol–water partition coefficient (Wildman–Crippen LogP) is 4.36. The monoisotopic (exact) mass is 291 g/mol. The van der Waals surface area contributed by atoms with E-state index in [0.29, 0.717) is 10.9 Å². The number of hydrogen-bond donors (Lipinski definition) is 0. The lowest BCUT2D eigenvalue weighted by Gasteiger charge is -2.17. The van der Waals surface area contributed by atoms with Gasteiger partial charge in [-0.25, -0.2) is 0 Å². The van der Waals surface area contributed by atoms with E-state index in [0.717, 1.165) is 17.0 Å². The molecule has 2 aromatic rings. The second-order valence-electron chi connectivity index (χ2n) is 4.14. The van der Waals surface area contributed by atoms with Gasteiger partial charge >= 0.3 is 0 Å². The summed E-state index contributed by atoms with van der Waals surface area (Å²) in [5, 5.41) is 0.629. The van der Waals surface area contributed by atoms with Gasteiger partial charge in [-0.05, 0) is 37.3 Å². The summed E-state index contributed by atoms with van der Waals surface area (Å²) >= 11 is 7.55. The fraction of sp³-hybridized carbons (Fsp3) is 0.133. The third-order valence-electron chi connectivity index (χ3n) is 2.66. The van der Waals surface area contributed by atoms with Crippen molar-refractivity contribution in [2.24, 2.45) is 0 Å². The Morgan fingerprint density at radius 3 is 2.58 bits per heavy atom. The summed E-state index contributed by atoms with van der Waals surface area (Å²) in [6.45, 7) is 2.05. The van der Waals surface area contributed by atoms with Gasteiger partial charge in [-0.2, -0.15) is 0 Å². The van der Waals surface area contributed by atoms with Gasteiger partial charge in [0.25, 0.3) is 0 Å². The van der Waals surface area contributed by atoms with Crippen molar-refractivity contribution in [2.75, 3.05) is 10.8 Å². The van der Waals surface area contributed by atoms with Crippen molar-refractivity contribution < 1.29 is 4.79 Å². The molecule has 4 heteroatoms. The summed E-state index contributed by atoms with van der Waals surface area (Å²) in [6.07, 6.45) is 0.826. The molecule has 0 radical (unpaired) electrons. The molecule has 0 saturated carbocycles. The number of amides is 1. The third-order valence-corrected chi connectivity index (χ3v) is 3.91. The average Bonchev–Trinajstić information content (AvgIpc) is 2.42. The molecule has 2 aromatic carbocycles. The number of anilines is 1. The van der Waals surface area contributed by atoms with Crippen molar-refractivity contribution >= 4 is 35.5 Å². The zero-order valence-corrected chi connectivity index (χ0v) is 12.1. The number of carbonyl (C=O) groups excluding carboxylic acids is 1. The molecule has 0 spiro atoms. The van der Waals surface area contributed by atoms with Crippen LogP contribution in [-0.2, 0) is 4.79 Å². The van der Waals surface area contributed by atoms with Gasteiger partial charge < -0.3 is 4.90 Å². The summed E-state index contributed by atoms with van der Waals surface area (Å²) < 4.78 is 0. The van der Waals surface area contributed by atoms with E-state index in [2.05, 4.69) is 31.2 Å². The van der Waals surface area contributed by atoms with Gasteiger partial charge in [-0.15, -0.1) is 11.8 Å². The first kappa shape index (κ1) is 14.0. The molecule has 19 heavy (non-hydrogen) atoms. The minimum atomic E-state index is 0.562. The predicted molar refractivity (Wildman–Crippen MR) is 81.9 cm³/mol. The third kappa shape index (κ3) is 4.01. The molecule has 0 unspecified atom stereocenters. The van der Waals surface area contributed by atoms with Crippen LogP contribution < -0.4 is 4.90 Å². The highest BCUT2D eigenvalue weighted by molar-refractivity contribution is 7.99. The number of aryl methyl sites for hydroxylation is 1. The fourth-order valence-corrected chi connectivity index (χ4v) is 2.61. The fourth-order valence-electron chi connectivity index (χ4n) is 1.60. The first-order valence-electron chi connectivity index (χ1n) is 5.86. The molecule has 2 rings (SSSR count). The van der Waals surface area contributed by atoms with E-state index >= 15 is 0 Å². The van der Waals surface area contributed by atoms with Crippen LogP contribution in [0.1, 0.15) is 5.56 Å². The standard InChI is InChI=1S/C15H14ClNOS/c1-12-5-7-15(8-6-12)19-11-17(10-18)14-4-2-3-13(16)9-14/h2-10H,11H2,1H3. The van der Waals surface area contributed by atoms with Crippen LogP contribution in [0.25, 0.3) is 0 Å². The highest BCUT2D eigenvalue weighted by Crippen LogP contribution is 2.24.